The molecule has 3 rings (SSSR count). The molecule has 2 amide bonds. The maximum absolute atomic E-state index is 11.4. The number of urea groups is 1. The Morgan fingerprint density at radius 1 is 1.38 bits per heavy atom. The van der Waals surface area contributed by atoms with E-state index in [2.05, 4.69) is 15.5 Å². The number of amides is 2. The molecule has 0 saturated carbocycles. The van der Waals surface area contributed by atoms with Crippen LogP contribution in [-0.4, -0.2) is 67.2 Å². The van der Waals surface area contributed by atoms with E-state index in [1.54, 1.807) is 0 Å². The fourth-order valence-electron chi connectivity index (χ4n) is 3.06. The summed E-state index contributed by atoms with van der Waals surface area (Å²) in [5.41, 5.74) is 0. The number of carbonyl (C=O) groups excluding carboxylic acids is 1. The molecule has 0 aliphatic carbocycles. The first-order chi connectivity index (χ1) is 7.83. The van der Waals surface area contributed by atoms with Gasteiger partial charge in [-0.1, -0.05) is 0 Å². The van der Waals surface area contributed by atoms with Gasteiger partial charge in [0.05, 0.1) is 6.04 Å². The summed E-state index contributed by atoms with van der Waals surface area (Å²) < 4.78 is 0. The van der Waals surface area contributed by atoms with Crippen molar-refractivity contribution < 1.29 is 4.79 Å². The molecule has 0 aromatic heterocycles. The molecule has 0 spiro atoms. The molecule has 5 heteroatoms. The van der Waals surface area contributed by atoms with E-state index in [0.29, 0.717) is 12.1 Å². The van der Waals surface area contributed by atoms with Gasteiger partial charge in [-0.3, -0.25) is 4.90 Å². The summed E-state index contributed by atoms with van der Waals surface area (Å²) in [6, 6.07) is 1.21. The van der Waals surface area contributed by atoms with Gasteiger partial charge in [-0.25, -0.2) is 4.79 Å². The lowest BCUT2D eigenvalue weighted by atomic mass is 10.1. The Labute approximate surface area is 96.2 Å². The van der Waals surface area contributed by atoms with Crippen LogP contribution in [-0.2, 0) is 0 Å². The summed E-state index contributed by atoms with van der Waals surface area (Å²) in [6.45, 7) is 6.11. The molecule has 0 radical (unpaired) electrons. The Morgan fingerprint density at radius 2 is 2.31 bits per heavy atom. The van der Waals surface area contributed by atoms with Gasteiger partial charge in [-0.05, 0) is 19.4 Å². The standard InChI is InChI=1S/C11H20N4O/c16-11-13-6-10-8-14(4-5-15(10)11)7-9-2-1-3-12-9/h9-10,12H,1-8H2,(H,13,16). The lowest BCUT2D eigenvalue weighted by molar-refractivity contribution is 0.115. The number of hydrogen-bond donors (Lipinski definition) is 2. The maximum atomic E-state index is 11.4. The highest BCUT2D eigenvalue weighted by Gasteiger charge is 2.35. The van der Waals surface area contributed by atoms with Gasteiger partial charge in [-0.15, -0.1) is 0 Å². The van der Waals surface area contributed by atoms with Crippen LogP contribution in [0.25, 0.3) is 0 Å². The van der Waals surface area contributed by atoms with Crippen LogP contribution in [0.4, 0.5) is 4.79 Å². The normalized spacial score (nSPS) is 35.2. The molecule has 2 N–H and O–H groups in total. The van der Waals surface area contributed by atoms with Crippen molar-refractivity contribution in [3.63, 3.8) is 0 Å². The average molecular weight is 224 g/mol. The zero-order chi connectivity index (χ0) is 11.0. The minimum absolute atomic E-state index is 0.128. The second-order valence-corrected chi connectivity index (χ2v) is 5.09. The molecule has 16 heavy (non-hydrogen) atoms. The number of nitrogens with one attached hydrogen (secondary N) is 2. The minimum Gasteiger partial charge on any atom is -0.336 e. The minimum atomic E-state index is 0.128. The van der Waals surface area contributed by atoms with E-state index in [1.165, 1.54) is 19.4 Å². The smallest absolute Gasteiger partial charge is 0.317 e. The van der Waals surface area contributed by atoms with Gasteiger partial charge in [0.15, 0.2) is 0 Å². The lowest BCUT2D eigenvalue weighted by Gasteiger charge is -2.37. The second kappa shape index (κ2) is 4.22. The van der Waals surface area contributed by atoms with Crippen LogP contribution >= 0.6 is 0 Å². The summed E-state index contributed by atoms with van der Waals surface area (Å²) in [7, 11) is 0. The number of nitrogens with zero attached hydrogens (tertiary/aromatic N) is 2. The number of fused-ring (bicyclic) bond motifs is 1. The molecule has 90 valence electrons. The zero-order valence-electron chi connectivity index (χ0n) is 9.61. The third kappa shape index (κ3) is 1.89. The van der Waals surface area contributed by atoms with E-state index in [1.807, 2.05) is 4.90 Å². The maximum Gasteiger partial charge on any atom is 0.317 e. The van der Waals surface area contributed by atoms with Gasteiger partial charge in [0, 0.05) is 38.8 Å². The van der Waals surface area contributed by atoms with Gasteiger partial charge in [0.25, 0.3) is 0 Å². The molecule has 3 aliphatic rings. The zero-order valence-corrected chi connectivity index (χ0v) is 9.61. The van der Waals surface area contributed by atoms with Crippen molar-refractivity contribution in [2.75, 3.05) is 39.3 Å². The average Bonchev–Trinajstić information content (AvgIpc) is 2.90. The molecule has 3 fully saturated rings. The van der Waals surface area contributed by atoms with Gasteiger partial charge in [-0.2, -0.15) is 0 Å². The number of carbonyl (C=O) groups is 1. The SMILES string of the molecule is O=C1NCC2CN(CC3CCCN3)CCN12. The Bertz CT molecular complexity index is 277. The van der Waals surface area contributed by atoms with E-state index in [0.717, 1.165) is 32.7 Å². The van der Waals surface area contributed by atoms with Gasteiger partial charge in [0.2, 0.25) is 0 Å². The van der Waals surface area contributed by atoms with E-state index in [4.69, 9.17) is 0 Å². The molecule has 0 aromatic rings. The molecular weight excluding hydrogens is 204 g/mol. The Morgan fingerprint density at radius 3 is 3.12 bits per heavy atom. The molecule has 3 saturated heterocycles. The van der Waals surface area contributed by atoms with Crippen LogP contribution in [0.2, 0.25) is 0 Å². The summed E-state index contributed by atoms with van der Waals surface area (Å²) in [5, 5.41) is 6.45. The molecule has 3 aliphatic heterocycles. The molecular formula is C11H20N4O. The van der Waals surface area contributed by atoms with Crippen LogP contribution in [0, 0.1) is 0 Å². The van der Waals surface area contributed by atoms with Gasteiger partial charge >= 0.3 is 6.03 Å². The van der Waals surface area contributed by atoms with E-state index in [-0.39, 0.29) is 6.03 Å². The summed E-state index contributed by atoms with van der Waals surface area (Å²) in [5.74, 6) is 0. The third-order valence-corrected chi connectivity index (χ3v) is 3.96. The van der Waals surface area contributed by atoms with Crippen LogP contribution in [0.1, 0.15) is 12.8 Å². The molecule has 0 bridgehead atoms. The first-order valence-corrected chi connectivity index (χ1v) is 6.33. The monoisotopic (exact) mass is 224 g/mol. The summed E-state index contributed by atoms with van der Waals surface area (Å²) in [6.07, 6.45) is 2.62. The molecule has 5 nitrogen and oxygen atoms in total. The van der Waals surface area contributed by atoms with Crippen LogP contribution in [0.15, 0.2) is 0 Å². The molecule has 2 unspecified atom stereocenters. The van der Waals surface area contributed by atoms with E-state index < -0.39 is 0 Å². The highest BCUT2D eigenvalue weighted by Crippen LogP contribution is 2.15. The highest BCUT2D eigenvalue weighted by molar-refractivity contribution is 5.77. The van der Waals surface area contributed by atoms with Crippen molar-refractivity contribution >= 4 is 6.03 Å². The number of rotatable bonds is 2. The van der Waals surface area contributed by atoms with Gasteiger partial charge < -0.3 is 15.5 Å². The Balaban J connectivity index is 1.53. The van der Waals surface area contributed by atoms with E-state index in [9.17, 15) is 4.79 Å². The molecule has 2 atom stereocenters. The third-order valence-electron chi connectivity index (χ3n) is 3.96. The first kappa shape index (κ1) is 10.4. The fourth-order valence-corrected chi connectivity index (χ4v) is 3.06. The van der Waals surface area contributed by atoms with Crippen LogP contribution in [0.3, 0.4) is 0 Å². The lowest BCUT2D eigenvalue weighted by Crippen LogP contribution is -2.54. The van der Waals surface area contributed by atoms with Crippen LogP contribution in [0.5, 0.6) is 0 Å². The Hall–Kier alpha value is -0.810. The first-order valence-electron chi connectivity index (χ1n) is 6.33. The number of hydrogen-bond acceptors (Lipinski definition) is 3. The quantitative estimate of drug-likeness (QED) is 0.661. The molecule has 3 heterocycles. The second-order valence-electron chi connectivity index (χ2n) is 5.09. The summed E-state index contributed by atoms with van der Waals surface area (Å²) >= 11 is 0. The predicted molar refractivity (Wildman–Crippen MR) is 61.4 cm³/mol. The Kier molecular flexibility index (Phi) is 2.73. The highest BCUT2D eigenvalue weighted by atomic mass is 16.2. The van der Waals surface area contributed by atoms with Crippen molar-refractivity contribution in [2.24, 2.45) is 0 Å². The van der Waals surface area contributed by atoms with Gasteiger partial charge in [0.1, 0.15) is 0 Å². The molecule has 0 aromatic carbocycles. The van der Waals surface area contributed by atoms with Crippen molar-refractivity contribution in [3.05, 3.63) is 0 Å². The summed E-state index contributed by atoms with van der Waals surface area (Å²) in [4.78, 5) is 15.9. The predicted octanol–water partition coefficient (Wildman–Crippen LogP) is -0.552. The van der Waals surface area contributed by atoms with Crippen molar-refractivity contribution in [1.29, 1.82) is 0 Å². The van der Waals surface area contributed by atoms with Crippen molar-refractivity contribution in [2.45, 2.75) is 24.9 Å². The largest absolute Gasteiger partial charge is 0.336 e. The topological polar surface area (TPSA) is 47.6 Å². The van der Waals surface area contributed by atoms with Crippen LogP contribution < -0.4 is 10.6 Å². The van der Waals surface area contributed by atoms with Crippen molar-refractivity contribution in [1.82, 2.24) is 20.4 Å². The number of piperazine rings is 1. The van der Waals surface area contributed by atoms with Crippen molar-refractivity contribution in [3.8, 4) is 0 Å². The van der Waals surface area contributed by atoms with E-state index >= 15 is 0 Å². The fraction of sp³-hybridized carbons (Fsp3) is 0.909.